The van der Waals surface area contributed by atoms with Crippen molar-refractivity contribution in [1.29, 1.82) is 0 Å². The molecule has 116 valence electrons. The molecule has 0 saturated carbocycles. The van der Waals surface area contributed by atoms with Gasteiger partial charge in [0.15, 0.2) is 0 Å². The molecule has 0 rings (SSSR count). The molecule has 0 aliphatic heterocycles. The third-order valence-corrected chi connectivity index (χ3v) is 2.19. The Bertz CT molecular complexity index is 323. The normalized spacial score (nSPS) is 11.8. The second-order valence-electron chi connectivity index (χ2n) is 3.91. The minimum absolute atomic E-state index is 0.0595. The number of carboxylic acids is 1. The van der Waals surface area contributed by atoms with Crippen LogP contribution in [0.15, 0.2) is 0 Å². The lowest BCUT2D eigenvalue weighted by atomic mass is 10.1. The number of rotatable bonds is 12. The van der Waals surface area contributed by atoms with E-state index in [-0.39, 0.29) is 26.1 Å². The molecule has 6 N–H and O–H groups in total. The van der Waals surface area contributed by atoms with Crippen LogP contribution < -0.4 is 16.8 Å². The van der Waals surface area contributed by atoms with Gasteiger partial charge >= 0.3 is 5.97 Å². The number of hydrogen-bond donors (Lipinski definition) is 4. The number of nitrogens with one attached hydrogen (secondary N) is 1. The van der Waals surface area contributed by atoms with Crippen molar-refractivity contribution in [2.75, 3.05) is 33.0 Å². The van der Waals surface area contributed by atoms with Crippen molar-refractivity contribution in [3.8, 4) is 0 Å². The third kappa shape index (κ3) is 10.2. The maximum absolute atomic E-state index is 11.4. The number of aliphatic carboxylic acids is 1. The highest BCUT2D eigenvalue weighted by Gasteiger charge is 2.18. The molecule has 0 aromatic carbocycles. The molecule has 9 heteroatoms. The summed E-state index contributed by atoms with van der Waals surface area (Å²) in [6.45, 7) is 1.08. The summed E-state index contributed by atoms with van der Waals surface area (Å²) in [6.07, 6.45) is -0.322. The van der Waals surface area contributed by atoms with E-state index in [4.69, 9.17) is 26.0 Å². The Morgan fingerprint density at radius 3 is 2.35 bits per heavy atom. The summed E-state index contributed by atoms with van der Waals surface area (Å²) in [6, 6.07) is -1.02. The van der Waals surface area contributed by atoms with Crippen LogP contribution in [0.2, 0.25) is 0 Å². The zero-order valence-corrected chi connectivity index (χ0v) is 11.2. The molecule has 0 aromatic heterocycles. The van der Waals surface area contributed by atoms with Gasteiger partial charge in [0.2, 0.25) is 11.8 Å². The number of carbonyl (C=O) groups is 3. The Morgan fingerprint density at radius 1 is 1.15 bits per heavy atom. The first-order valence-electron chi connectivity index (χ1n) is 6.13. The average molecular weight is 291 g/mol. The van der Waals surface area contributed by atoms with Crippen molar-refractivity contribution in [2.45, 2.75) is 18.9 Å². The predicted octanol–water partition coefficient (Wildman–Crippen LogP) is -2.19. The maximum Gasteiger partial charge on any atom is 0.303 e. The molecule has 0 spiro atoms. The number of nitrogens with two attached hydrogens (primary N) is 2. The van der Waals surface area contributed by atoms with Gasteiger partial charge in [-0.25, -0.2) is 0 Å². The summed E-state index contributed by atoms with van der Waals surface area (Å²) in [5, 5.41) is 10.8. The zero-order chi connectivity index (χ0) is 15.4. The first kappa shape index (κ1) is 18.3. The molecule has 0 aliphatic rings. The van der Waals surface area contributed by atoms with Gasteiger partial charge in [-0.1, -0.05) is 0 Å². The Hall–Kier alpha value is -1.71. The van der Waals surface area contributed by atoms with Crippen molar-refractivity contribution in [2.24, 2.45) is 11.5 Å². The van der Waals surface area contributed by atoms with Crippen LogP contribution in [0.5, 0.6) is 0 Å². The standard InChI is InChI=1S/C11H21N3O6/c12-3-4-19-5-6-20-7-9(15)14-8(11(13)18)1-2-10(16)17/h8H,1-7,12H2,(H2,13,18)(H,14,15)(H,16,17)/t8-/m0/s1. The highest BCUT2D eigenvalue weighted by atomic mass is 16.5. The number of carboxylic acid groups (broad SMARTS) is 1. The highest BCUT2D eigenvalue weighted by Crippen LogP contribution is 1.97. The minimum atomic E-state index is -1.07. The SMILES string of the molecule is NCCOCCOCC(=O)N[C@@H](CCC(=O)O)C(N)=O. The molecule has 9 nitrogen and oxygen atoms in total. The van der Waals surface area contributed by atoms with E-state index in [1.165, 1.54) is 0 Å². The number of hydrogen-bond acceptors (Lipinski definition) is 6. The van der Waals surface area contributed by atoms with Gasteiger partial charge in [-0.15, -0.1) is 0 Å². The maximum atomic E-state index is 11.4. The van der Waals surface area contributed by atoms with Crippen molar-refractivity contribution in [3.05, 3.63) is 0 Å². The van der Waals surface area contributed by atoms with Crippen LogP contribution in [0.3, 0.4) is 0 Å². The van der Waals surface area contributed by atoms with Gasteiger partial charge in [-0.05, 0) is 6.42 Å². The van der Waals surface area contributed by atoms with Gasteiger partial charge in [0.1, 0.15) is 12.6 Å². The van der Waals surface area contributed by atoms with E-state index >= 15 is 0 Å². The lowest BCUT2D eigenvalue weighted by Crippen LogP contribution is -2.46. The quantitative estimate of drug-likeness (QED) is 0.298. The van der Waals surface area contributed by atoms with Gasteiger partial charge in [-0.2, -0.15) is 0 Å². The molecule has 0 radical (unpaired) electrons. The van der Waals surface area contributed by atoms with E-state index < -0.39 is 23.8 Å². The van der Waals surface area contributed by atoms with E-state index in [1.807, 2.05) is 0 Å². The lowest BCUT2D eigenvalue weighted by molar-refractivity contribution is -0.138. The van der Waals surface area contributed by atoms with Crippen LogP contribution in [0.25, 0.3) is 0 Å². The lowest BCUT2D eigenvalue weighted by Gasteiger charge is -2.14. The molecule has 0 bridgehead atoms. The predicted molar refractivity (Wildman–Crippen MR) is 68.7 cm³/mol. The summed E-state index contributed by atoms with van der Waals surface area (Å²) in [7, 11) is 0. The molecular weight excluding hydrogens is 270 g/mol. The Kier molecular flexibility index (Phi) is 10.2. The number of ether oxygens (including phenoxy) is 2. The molecule has 2 amide bonds. The van der Waals surface area contributed by atoms with Gasteiger partial charge in [0.05, 0.1) is 19.8 Å². The summed E-state index contributed by atoms with van der Waals surface area (Å²) in [5.41, 5.74) is 10.3. The van der Waals surface area contributed by atoms with E-state index in [0.29, 0.717) is 19.8 Å². The van der Waals surface area contributed by atoms with Crippen LogP contribution in [0.4, 0.5) is 0 Å². The molecule has 0 saturated heterocycles. The third-order valence-electron chi connectivity index (χ3n) is 2.19. The van der Waals surface area contributed by atoms with Gasteiger partial charge in [-0.3, -0.25) is 14.4 Å². The monoisotopic (exact) mass is 291 g/mol. The van der Waals surface area contributed by atoms with E-state index in [9.17, 15) is 14.4 Å². The summed E-state index contributed by atoms with van der Waals surface area (Å²) < 4.78 is 10.0. The van der Waals surface area contributed by atoms with Gasteiger partial charge in [0.25, 0.3) is 0 Å². The number of amides is 2. The summed E-state index contributed by atoms with van der Waals surface area (Å²) in [5.74, 6) is -2.40. The molecular formula is C11H21N3O6. The first-order chi connectivity index (χ1) is 9.47. The van der Waals surface area contributed by atoms with Crippen LogP contribution in [-0.2, 0) is 23.9 Å². The smallest absolute Gasteiger partial charge is 0.303 e. The van der Waals surface area contributed by atoms with Crippen molar-refractivity contribution in [3.63, 3.8) is 0 Å². The fourth-order valence-corrected chi connectivity index (χ4v) is 1.26. The topological polar surface area (TPSA) is 154 Å². The van der Waals surface area contributed by atoms with Crippen LogP contribution in [-0.4, -0.2) is 61.9 Å². The highest BCUT2D eigenvalue weighted by molar-refractivity contribution is 5.87. The number of carbonyl (C=O) groups excluding carboxylic acids is 2. The zero-order valence-electron chi connectivity index (χ0n) is 11.2. The molecule has 20 heavy (non-hydrogen) atoms. The summed E-state index contributed by atoms with van der Waals surface area (Å²) in [4.78, 5) is 32.9. The molecule has 0 fully saturated rings. The number of primary amides is 1. The molecule has 0 unspecified atom stereocenters. The Morgan fingerprint density at radius 2 is 1.80 bits per heavy atom. The van der Waals surface area contributed by atoms with Crippen molar-refractivity contribution in [1.82, 2.24) is 5.32 Å². The molecule has 1 atom stereocenters. The molecule has 0 aliphatic carbocycles. The first-order valence-corrected chi connectivity index (χ1v) is 6.13. The van der Waals surface area contributed by atoms with Crippen LogP contribution in [0, 0.1) is 0 Å². The van der Waals surface area contributed by atoms with Gasteiger partial charge < -0.3 is 31.4 Å². The van der Waals surface area contributed by atoms with E-state index in [0.717, 1.165) is 0 Å². The fourth-order valence-electron chi connectivity index (χ4n) is 1.26. The molecule has 0 heterocycles. The second kappa shape index (κ2) is 11.1. The van der Waals surface area contributed by atoms with E-state index in [2.05, 4.69) is 5.32 Å². The Balaban J connectivity index is 3.84. The van der Waals surface area contributed by atoms with Crippen molar-refractivity contribution < 1.29 is 29.0 Å². The average Bonchev–Trinajstić information content (AvgIpc) is 2.38. The molecule has 0 aromatic rings. The fraction of sp³-hybridized carbons (Fsp3) is 0.727. The van der Waals surface area contributed by atoms with E-state index in [1.54, 1.807) is 0 Å². The summed E-state index contributed by atoms with van der Waals surface area (Å²) >= 11 is 0. The second-order valence-corrected chi connectivity index (χ2v) is 3.91. The van der Waals surface area contributed by atoms with Gasteiger partial charge in [0, 0.05) is 13.0 Å². The van der Waals surface area contributed by atoms with Crippen molar-refractivity contribution >= 4 is 17.8 Å². The van der Waals surface area contributed by atoms with Crippen LogP contribution >= 0.6 is 0 Å². The minimum Gasteiger partial charge on any atom is -0.481 e. The largest absolute Gasteiger partial charge is 0.481 e. The Labute approximate surface area is 116 Å². The van der Waals surface area contributed by atoms with Crippen LogP contribution in [0.1, 0.15) is 12.8 Å².